The minimum absolute atomic E-state index is 0.202. The van der Waals surface area contributed by atoms with Crippen molar-refractivity contribution in [3.8, 4) is 11.5 Å². The number of nitrogens with two attached hydrogens (primary N) is 1. The summed E-state index contributed by atoms with van der Waals surface area (Å²) >= 11 is 0. The Kier molecular flexibility index (Phi) is 6.41. The highest BCUT2D eigenvalue weighted by atomic mass is 16.5. The molecule has 1 atom stereocenters. The number of ether oxygens (including phenoxy) is 2. The third-order valence-electron chi connectivity index (χ3n) is 4.57. The largest absolute Gasteiger partial charge is 0.490 e. The van der Waals surface area contributed by atoms with Crippen molar-refractivity contribution in [1.82, 2.24) is 5.32 Å². The molecule has 0 aromatic heterocycles. The number of hydrogen-bond donors (Lipinski definition) is 3. The van der Waals surface area contributed by atoms with Crippen molar-refractivity contribution in [3.63, 3.8) is 0 Å². The van der Waals surface area contributed by atoms with Crippen LogP contribution in [0, 0.1) is 0 Å². The van der Waals surface area contributed by atoms with E-state index in [0.29, 0.717) is 25.7 Å². The predicted molar refractivity (Wildman–Crippen MR) is 114 cm³/mol. The van der Waals surface area contributed by atoms with Crippen molar-refractivity contribution < 1.29 is 9.47 Å². The number of guanidine groups is 1. The van der Waals surface area contributed by atoms with E-state index in [0.717, 1.165) is 23.6 Å². The lowest BCUT2D eigenvalue weighted by molar-refractivity contribution is 0.297. The Hall–Kier alpha value is -2.73. The third-order valence-corrected chi connectivity index (χ3v) is 4.57. The average Bonchev–Trinajstić information content (AvgIpc) is 2.92. The molecule has 150 valence electrons. The molecule has 0 aliphatic carbocycles. The van der Waals surface area contributed by atoms with Crippen LogP contribution in [0.25, 0.3) is 0 Å². The lowest BCUT2D eigenvalue weighted by Gasteiger charge is -2.29. The smallest absolute Gasteiger partial charge is 0.193 e. The molecule has 2 aromatic rings. The van der Waals surface area contributed by atoms with Crippen molar-refractivity contribution in [2.24, 2.45) is 10.7 Å². The Bertz CT molecular complexity index is 805. The first kappa shape index (κ1) is 20.0. The van der Waals surface area contributed by atoms with E-state index >= 15 is 0 Å². The Labute approximate surface area is 167 Å². The van der Waals surface area contributed by atoms with Crippen LogP contribution in [0.3, 0.4) is 0 Å². The van der Waals surface area contributed by atoms with Crippen LogP contribution in [-0.4, -0.2) is 31.3 Å². The first-order valence-corrected chi connectivity index (χ1v) is 9.72. The molecule has 4 N–H and O–H groups in total. The first-order valence-electron chi connectivity index (χ1n) is 9.72. The van der Waals surface area contributed by atoms with Crippen LogP contribution >= 0.6 is 0 Å². The number of hydrogen-bond acceptors (Lipinski definition) is 4. The molecule has 3 rings (SSSR count). The summed E-state index contributed by atoms with van der Waals surface area (Å²) in [6.45, 7) is 8.27. The second-order valence-electron chi connectivity index (χ2n) is 7.70. The molecule has 1 aliphatic rings. The molecule has 6 heteroatoms. The Morgan fingerprint density at radius 1 is 1.11 bits per heavy atom. The fourth-order valence-electron chi connectivity index (χ4n) is 3.17. The number of anilines is 1. The van der Waals surface area contributed by atoms with E-state index in [1.54, 1.807) is 0 Å². The van der Waals surface area contributed by atoms with E-state index in [2.05, 4.69) is 60.7 Å². The van der Waals surface area contributed by atoms with Gasteiger partial charge in [0.05, 0.1) is 19.8 Å². The standard InChI is InChI=1S/C22H30N4O2/c1-16(17-8-5-4-6-9-17)26-22(2,3)15-24-21(23)25-18-10-11-19-20(14-18)28-13-7-12-27-19/h4-6,8-11,14,16,26H,7,12-13,15H2,1-3H3,(H3,23,24,25). The molecule has 1 unspecified atom stereocenters. The van der Waals surface area contributed by atoms with Crippen LogP contribution < -0.4 is 25.8 Å². The highest BCUT2D eigenvalue weighted by molar-refractivity contribution is 5.92. The third kappa shape index (κ3) is 5.63. The number of nitrogens with one attached hydrogen (secondary N) is 2. The van der Waals surface area contributed by atoms with Gasteiger partial charge in [-0.1, -0.05) is 30.3 Å². The Balaban J connectivity index is 1.58. The molecule has 1 heterocycles. The molecule has 0 amide bonds. The fraction of sp³-hybridized carbons (Fsp3) is 0.409. The van der Waals surface area contributed by atoms with Crippen LogP contribution in [0.4, 0.5) is 5.69 Å². The second kappa shape index (κ2) is 8.97. The molecule has 6 nitrogen and oxygen atoms in total. The molecule has 1 aliphatic heterocycles. The van der Waals surface area contributed by atoms with Gasteiger partial charge in [-0.05, 0) is 38.5 Å². The molecule has 0 bridgehead atoms. The van der Waals surface area contributed by atoms with Crippen LogP contribution in [0.2, 0.25) is 0 Å². The normalized spacial score (nSPS) is 15.6. The highest BCUT2D eigenvalue weighted by Gasteiger charge is 2.20. The van der Waals surface area contributed by atoms with Gasteiger partial charge >= 0.3 is 0 Å². The van der Waals surface area contributed by atoms with Gasteiger partial charge in [-0.3, -0.25) is 4.99 Å². The van der Waals surface area contributed by atoms with E-state index in [4.69, 9.17) is 15.2 Å². The minimum atomic E-state index is -0.202. The fourth-order valence-corrected chi connectivity index (χ4v) is 3.17. The summed E-state index contributed by atoms with van der Waals surface area (Å²) in [5.74, 6) is 1.87. The van der Waals surface area contributed by atoms with E-state index < -0.39 is 0 Å². The van der Waals surface area contributed by atoms with Crippen molar-refractivity contribution in [1.29, 1.82) is 0 Å². The summed E-state index contributed by atoms with van der Waals surface area (Å²) in [6.07, 6.45) is 0.879. The van der Waals surface area contributed by atoms with Crippen molar-refractivity contribution in [2.45, 2.75) is 38.8 Å². The van der Waals surface area contributed by atoms with Gasteiger partial charge in [0.1, 0.15) is 0 Å². The van der Waals surface area contributed by atoms with Gasteiger partial charge in [-0.25, -0.2) is 0 Å². The molecule has 2 aromatic carbocycles. The number of rotatable bonds is 6. The maximum Gasteiger partial charge on any atom is 0.193 e. The molecule has 28 heavy (non-hydrogen) atoms. The van der Waals surface area contributed by atoms with Gasteiger partial charge in [0.15, 0.2) is 17.5 Å². The molecule has 0 radical (unpaired) electrons. The Morgan fingerprint density at radius 3 is 2.57 bits per heavy atom. The zero-order valence-electron chi connectivity index (χ0n) is 16.9. The van der Waals surface area contributed by atoms with Crippen LogP contribution in [0.15, 0.2) is 53.5 Å². The molecule has 0 saturated heterocycles. The number of fused-ring (bicyclic) bond motifs is 1. The lowest BCUT2D eigenvalue weighted by atomic mass is 10.0. The molecule has 0 saturated carbocycles. The minimum Gasteiger partial charge on any atom is -0.490 e. The van der Waals surface area contributed by atoms with Crippen LogP contribution in [-0.2, 0) is 0 Å². The maximum absolute atomic E-state index is 6.10. The predicted octanol–water partition coefficient (Wildman–Crippen LogP) is 3.70. The summed E-state index contributed by atoms with van der Waals surface area (Å²) < 4.78 is 11.4. The first-order chi connectivity index (χ1) is 13.4. The van der Waals surface area contributed by atoms with Crippen LogP contribution in [0.5, 0.6) is 11.5 Å². The quantitative estimate of drug-likeness (QED) is 0.524. The van der Waals surface area contributed by atoms with Crippen molar-refractivity contribution >= 4 is 11.6 Å². The highest BCUT2D eigenvalue weighted by Crippen LogP contribution is 2.32. The van der Waals surface area contributed by atoms with Gasteiger partial charge in [-0.2, -0.15) is 0 Å². The van der Waals surface area contributed by atoms with Gasteiger partial charge in [-0.15, -0.1) is 0 Å². The topological polar surface area (TPSA) is 80.9 Å². The number of nitrogens with zero attached hydrogens (tertiary/aromatic N) is 1. The van der Waals surface area contributed by atoms with Crippen LogP contribution in [0.1, 0.15) is 38.8 Å². The summed E-state index contributed by atoms with van der Waals surface area (Å²) in [5, 5.41) is 6.75. The van der Waals surface area contributed by atoms with E-state index in [1.165, 1.54) is 5.56 Å². The van der Waals surface area contributed by atoms with E-state index in [9.17, 15) is 0 Å². The average molecular weight is 383 g/mol. The molecular formula is C22H30N4O2. The van der Waals surface area contributed by atoms with E-state index in [-0.39, 0.29) is 11.6 Å². The van der Waals surface area contributed by atoms with Gasteiger partial charge in [0, 0.05) is 29.8 Å². The summed E-state index contributed by atoms with van der Waals surface area (Å²) in [4.78, 5) is 4.52. The summed E-state index contributed by atoms with van der Waals surface area (Å²) in [6, 6.07) is 16.3. The zero-order chi connectivity index (χ0) is 20.0. The maximum atomic E-state index is 6.10. The lowest BCUT2D eigenvalue weighted by Crippen LogP contribution is -2.44. The second-order valence-corrected chi connectivity index (χ2v) is 7.70. The number of benzene rings is 2. The molecule has 0 spiro atoms. The van der Waals surface area contributed by atoms with Gasteiger partial charge < -0.3 is 25.8 Å². The molecular weight excluding hydrogens is 352 g/mol. The van der Waals surface area contributed by atoms with Gasteiger partial charge in [0.25, 0.3) is 0 Å². The summed E-state index contributed by atoms with van der Waals surface area (Å²) in [7, 11) is 0. The summed E-state index contributed by atoms with van der Waals surface area (Å²) in [5.41, 5.74) is 7.97. The monoisotopic (exact) mass is 382 g/mol. The van der Waals surface area contributed by atoms with E-state index in [1.807, 2.05) is 24.3 Å². The van der Waals surface area contributed by atoms with Crippen molar-refractivity contribution in [3.05, 3.63) is 54.1 Å². The SMILES string of the molecule is CC(NC(C)(C)CN=C(N)Nc1ccc2c(c1)OCCCO2)c1ccccc1. The number of aliphatic imine (C=N–C) groups is 1. The van der Waals surface area contributed by atoms with Gasteiger partial charge in [0.2, 0.25) is 0 Å². The molecule has 0 fully saturated rings. The Morgan fingerprint density at radius 2 is 1.82 bits per heavy atom. The van der Waals surface area contributed by atoms with Crippen molar-refractivity contribution in [2.75, 3.05) is 25.1 Å². The zero-order valence-corrected chi connectivity index (χ0v) is 16.9.